The Kier molecular flexibility index (Phi) is 10.3. The molecule has 0 nitrogen and oxygen atoms in total. The number of rotatable bonds is 7. The lowest BCUT2D eigenvalue weighted by atomic mass is 9.49. The highest BCUT2D eigenvalue weighted by atomic mass is 14.8. The summed E-state index contributed by atoms with van der Waals surface area (Å²) in [6.45, 7) is 23.8. The Morgan fingerprint density at radius 3 is 1.66 bits per heavy atom. The van der Waals surface area contributed by atoms with Gasteiger partial charge in [0.2, 0.25) is 0 Å². The Morgan fingerprint density at radius 1 is 0.540 bits per heavy atom. The largest absolute Gasteiger partial charge is 0.0651 e. The first kappa shape index (κ1) is 36.9. The fraction of sp³-hybridized carbons (Fsp3) is 1.00. The molecule has 1 spiro atoms. The molecule has 0 aliphatic heterocycles. The van der Waals surface area contributed by atoms with Crippen molar-refractivity contribution in [3.05, 3.63) is 0 Å². The molecule has 0 heteroatoms. The fourth-order valence-electron chi connectivity index (χ4n) is 19.0. The van der Waals surface area contributed by atoms with Gasteiger partial charge in [-0.15, -0.1) is 0 Å². The number of hydrogen-bond donors (Lipinski definition) is 0. The van der Waals surface area contributed by atoms with E-state index in [0.717, 1.165) is 101 Å². The Labute approximate surface area is 313 Å². The van der Waals surface area contributed by atoms with Gasteiger partial charge in [0.1, 0.15) is 0 Å². The van der Waals surface area contributed by atoms with Crippen LogP contribution in [0.25, 0.3) is 0 Å². The third-order valence-electron chi connectivity index (χ3n) is 20.3. The molecule has 0 radical (unpaired) electrons. The first-order valence-electron chi connectivity index (χ1n) is 24.0. The molecule has 15 unspecified atom stereocenters. The molecule has 286 valence electrons. The SMILES string of the molecule is CCC(CC)C1CC(C(CC)CC)CC2(C1)C1CC3CCCCC3CC1C1C3C4CC5CCCCC5C(CC(C)(C)C)C4C(C)(C)C3CCC12. The van der Waals surface area contributed by atoms with Crippen LogP contribution in [0.2, 0.25) is 0 Å². The van der Waals surface area contributed by atoms with Crippen LogP contribution < -0.4 is 0 Å². The first-order chi connectivity index (χ1) is 24.0. The van der Waals surface area contributed by atoms with Crippen LogP contribution in [0.3, 0.4) is 0 Å². The highest BCUT2D eigenvalue weighted by Gasteiger charge is 2.72. The summed E-state index contributed by atoms with van der Waals surface area (Å²) in [6.07, 6.45) is 32.8. The van der Waals surface area contributed by atoms with Crippen molar-refractivity contribution in [3.63, 3.8) is 0 Å². The van der Waals surface area contributed by atoms with E-state index in [9.17, 15) is 0 Å². The van der Waals surface area contributed by atoms with E-state index >= 15 is 0 Å². The van der Waals surface area contributed by atoms with Gasteiger partial charge in [-0.05, 0) is 181 Å². The summed E-state index contributed by atoms with van der Waals surface area (Å²) in [4.78, 5) is 0. The van der Waals surface area contributed by atoms with Gasteiger partial charge in [-0.1, -0.05) is 133 Å². The van der Waals surface area contributed by atoms with E-state index in [2.05, 4.69) is 62.3 Å². The summed E-state index contributed by atoms with van der Waals surface area (Å²) >= 11 is 0. The van der Waals surface area contributed by atoms with Crippen molar-refractivity contribution in [3.8, 4) is 0 Å². The zero-order chi connectivity index (χ0) is 35.2. The van der Waals surface area contributed by atoms with Crippen LogP contribution in [-0.4, -0.2) is 0 Å². The van der Waals surface area contributed by atoms with Gasteiger partial charge >= 0.3 is 0 Å². The maximum Gasteiger partial charge on any atom is -0.0230 e. The molecule has 0 aromatic rings. The summed E-state index contributed by atoms with van der Waals surface area (Å²) in [7, 11) is 0. The molecule has 0 saturated heterocycles. The van der Waals surface area contributed by atoms with Crippen molar-refractivity contribution in [1.82, 2.24) is 0 Å². The van der Waals surface area contributed by atoms with Gasteiger partial charge in [0, 0.05) is 0 Å². The van der Waals surface area contributed by atoms with Gasteiger partial charge in [-0.2, -0.15) is 0 Å². The van der Waals surface area contributed by atoms with Crippen LogP contribution in [0.15, 0.2) is 0 Å². The molecule has 8 aliphatic rings. The molecular weight excluding hydrogens is 601 g/mol. The van der Waals surface area contributed by atoms with Crippen molar-refractivity contribution in [2.45, 2.75) is 197 Å². The van der Waals surface area contributed by atoms with Crippen molar-refractivity contribution in [1.29, 1.82) is 0 Å². The zero-order valence-corrected chi connectivity index (χ0v) is 35.2. The van der Waals surface area contributed by atoms with Gasteiger partial charge in [-0.3, -0.25) is 0 Å². The second-order valence-corrected chi connectivity index (χ2v) is 23.4. The average Bonchev–Trinajstić information content (AvgIpc) is 3.48. The van der Waals surface area contributed by atoms with Crippen molar-refractivity contribution >= 4 is 0 Å². The van der Waals surface area contributed by atoms with Crippen LogP contribution in [0.5, 0.6) is 0 Å². The van der Waals surface area contributed by atoms with E-state index in [4.69, 9.17) is 0 Å². The number of fused-ring (bicyclic) bond motifs is 11. The quantitative estimate of drug-likeness (QED) is 0.250. The van der Waals surface area contributed by atoms with Crippen LogP contribution in [0.1, 0.15) is 197 Å². The molecule has 8 saturated carbocycles. The smallest absolute Gasteiger partial charge is 0.0230 e. The summed E-state index contributed by atoms with van der Waals surface area (Å²) in [5, 5.41) is 0. The minimum atomic E-state index is 0.457. The maximum atomic E-state index is 2.88. The molecular formula is C50H86. The first-order valence-corrected chi connectivity index (χ1v) is 24.0. The molecule has 0 bridgehead atoms. The fourth-order valence-corrected chi connectivity index (χ4v) is 19.0. The summed E-state index contributed by atoms with van der Waals surface area (Å²) in [5.74, 6) is 17.6. The molecule has 50 heavy (non-hydrogen) atoms. The van der Waals surface area contributed by atoms with E-state index in [0.29, 0.717) is 16.2 Å². The Morgan fingerprint density at radius 2 is 1.06 bits per heavy atom. The third kappa shape index (κ3) is 5.91. The highest BCUT2D eigenvalue weighted by molar-refractivity contribution is 5.20. The second kappa shape index (κ2) is 13.9. The predicted molar refractivity (Wildman–Crippen MR) is 215 cm³/mol. The van der Waals surface area contributed by atoms with Crippen molar-refractivity contribution in [2.75, 3.05) is 0 Å². The monoisotopic (exact) mass is 687 g/mol. The molecule has 8 aliphatic carbocycles. The zero-order valence-electron chi connectivity index (χ0n) is 35.2. The molecule has 0 N–H and O–H groups in total. The van der Waals surface area contributed by atoms with Crippen LogP contribution >= 0.6 is 0 Å². The molecule has 0 aromatic heterocycles. The molecule has 0 aromatic carbocycles. The van der Waals surface area contributed by atoms with E-state index in [1.54, 1.807) is 89.9 Å². The molecule has 8 fully saturated rings. The Balaban J connectivity index is 1.23. The van der Waals surface area contributed by atoms with E-state index in [1.807, 2.05) is 0 Å². The van der Waals surface area contributed by atoms with Crippen molar-refractivity contribution in [2.24, 2.45) is 117 Å². The molecule has 8 rings (SSSR count). The molecule has 0 heterocycles. The molecule has 15 atom stereocenters. The van der Waals surface area contributed by atoms with E-state index in [1.165, 1.54) is 44.9 Å². The standard InChI is InChI=1S/C50H86/c1-10-31(11-2)36-24-37(32(12-3)13-4)29-50(28-36)43-23-22-42-46(45(43)39-25-33-18-14-15-19-34(33)27-44(39)50)40-26-35-20-16-17-21-38(35)41(30-48(5,6)7)47(40)49(42,8)9/h31-47H,10-30H2,1-9H3. The topological polar surface area (TPSA) is 0 Å². The predicted octanol–water partition coefficient (Wildman–Crippen LogP) is 14.9. The van der Waals surface area contributed by atoms with E-state index < -0.39 is 0 Å². The maximum absolute atomic E-state index is 2.88. The summed E-state index contributed by atoms with van der Waals surface area (Å²) in [5.41, 5.74) is 1.67. The van der Waals surface area contributed by atoms with Gasteiger partial charge < -0.3 is 0 Å². The molecule has 0 amide bonds. The average molecular weight is 687 g/mol. The van der Waals surface area contributed by atoms with Crippen LogP contribution in [0, 0.1) is 117 Å². The summed E-state index contributed by atoms with van der Waals surface area (Å²) < 4.78 is 0. The van der Waals surface area contributed by atoms with Gasteiger partial charge in [0.15, 0.2) is 0 Å². The highest BCUT2D eigenvalue weighted by Crippen LogP contribution is 2.78. The second-order valence-electron chi connectivity index (χ2n) is 23.4. The Hall–Kier alpha value is 0. The lowest BCUT2D eigenvalue weighted by Crippen LogP contribution is -2.48. The van der Waals surface area contributed by atoms with Gasteiger partial charge in [0.05, 0.1) is 0 Å². The van der Waals surface area contributed by atoms with Gasteiger partial charge in [0.25, 0.3) is 0 Å². The lowest BCUT2D eigenvalue weighted by molar-refractivity contribution is -0.0648. The van der Waals surface area contributed by atoms with Gasteiger partial charge in [-0.25, -0.2) is 0 Å². The van der Waals surface area contributed by atoms with Crippen LogP contribution in [0.4, 0.5) is 0 Å². The minimum Gasteiger partial charge on any atom is -0.0651 e. The third-order valence-corrected chi connectivity index (χ3v) is 20.3. The normalized spacial score (nSPS) is 49.6. The Bertz CT molecular complexity index is 1130. The lowest BCUT2D eigenvalue weighted by Gasteiger charge is -2.56. The summed E-state index contributed by atoms with van der Waals surface area (Å²) in [6, 6.07) is 0. The van der Waals surface area contributed by atoms with Crippen molar-refractivity contribution < 1.29 is 0 Å². The minimum absolute atomic E-state index is 0.457. The number of hydrogen-bond acceptors (Lipinski definition) is 0. The van der Waals surface area contributed by atoms with Crippen LogP contribution in [-0.2, 0) is 0 Å². The van der Waals surface area contributed by atoms with E-state index in [-0.39, 0.29) is 0 Å².